The van der Waals surface area contributed by atoms with Crippen LogP contribution in [0.25, 0.3) is 0 Å². The predicted octanol–water partition coefficient (Wildman–Crippen LogP) is 1.70. The van der Waals surface area contributed by atoms with E-state index in [1.54, 1.807) is 0 Å². The number of nitrogens with one attached hydrogen (secondary N) is 1. The third kappa shape index (κ3) is 3.70. The Morgan fingerprint density at radius 3 is 1.95 bits per heavy atom. The van der Waals surface area contributed by atoms with E-state index in [2.05, 4.69) is 5.32 Å². The average Bonchev–Trinajstić information content (AvgIpc) is 2.27. The van der Waals surface area contributed by atoms with Crippen molar-refractivity contribution in [1.82, 2.24) is 5.32 Å². The summed E-state index contributed by atoms with van der Waals surface area (Å²) in [4.78, 5) is 22.8. The highest BCUT2D eigenvalue weighted by atomic mass is 19.4. The van der Waals surface area contributed by atoms with Crippen LogP contribution in [0.2, 0.25) is 0 Å². The van der Waals surface area contributed by atoms with Crippen LogP contribution >= 0.6 is 0 Å². The third-order valence-corrected chi connectivity index (χ3v) is 2.52. The highest BCUT2D eigenvalue weighted by molar-refractivity contribution is 5.98. The van der Waals surface area contributed by atoms with Gasteiger partial charge in [0.2, 0.25) is 5.91 Å². The molecule has 1 rings (SSSR count). The number of halogens is 3. The minimum Gasteiger partial charge on any atom is -0.368 e. The SMILES string of the molecule is CC(C)(NC(=O)c1ccc(C(F)(F)F)cc1)C(N)=O. The zero-order valence-corrected chi connectivity index (χ0v) is 10.3. The maximum atomic E-state index is 12.3. The Labute approximate surface area is 107 Å². The van der Waals surface area contributed by atoms with E-state index in [1.165, 1.54) is 13.8 Å². The standard InChI is InChI=1S/C12H13F3N2O2/c1-11(2,10(16)19)17-9(18)7-3-5-8(6-4-7)12(13,14)15/h3-6H,1-2H3,(H2,16,19)(H,17,18). The monoisotopic (exact) mass is 274 g/mol. The first-order chi connectivity index (χ1) is 8.54. The molecule has 4 nitrogen and oxygen atoms in total. The number of hydrogen-bond acceptors (Lipinski definition) is 2. The van der Waals surface area contributed by atoms with E-state index >= 15 is 0 Å². The van der Waals surface area contributed by atoms with E-state index in [0.717, 1.165) is 24.3 Å². The molecule has 3 N–H and O–H groups in total. The highest BCUT2D eigenvalue weighted by Crippen LogP contribution is 2.29. The molecule has 104 valence electrons. The highest BCUT2D eigenvalue weighted by Gasteiger charge is 2.31. The van der Waals surface area contributed by atoms with Crippen molar-refractivity contribution in [2.75, 3.05) is 0 Å². The van der Waals surface area contributed by atoms with Gasteiger partial charge in [0.25, 0.3) is 5.91 Å². The Hall–Kier alpha value is -2.05. The van der Waals surface area contributed by atoms with E-state index in [4.69, 9.17) is 5.73 Å². The Morgan fingerprint density at radius 2 is 1.58 bits per heavy atom. The fourth-order valence-corrected chi connectivity index (χ4v) is 1.23. The van der Waals surface area contributed by atoms with Gasteiger partial charge in [-0.05, 0) is 38.1 Å². The quantitative estimate of drug-likeness (QED) is 0.880. The van der Waals surface area contributed by atoms with E-state index in [1.807, 2.05) is 0 Å². The van der Waals surface area contributed by atoms with Gasteiger partial charge in [-0.2, -0.15) is 13.2 Å². The summed E-state index contributed by atoms with van der Waals surface area (Å²) in [5.41, 5.74) is 2.96. The minimum atomic E-state index is -4.46. The minimum absolute atomic E-state index is 0.0160. The molecule has 7 heteroatoms. The third-order valence-electron chi connectivity index (χ3n) is 2.52. The summed E-state index contributed by atoms with van der Waals surface area (Å²) >= 11 is 0. The fraction of sp³-hybridized carbons (Fsp3) is 0.333. The number of carbonyl (C=O) groups excluding carboxylic acids is 2. The molecule has 0 unspecified atom stereocenters. The van der Waals surface area contributed by atoms with Gasteiger partial charge in [-0.3, -0.25) is 9.59 Å². The molecule has 2 amide bonds. The number of rotatable bonds is 3. The van der Waals surface area contributed by atoms with Crippen LogP contribution in [0.3, 0.4) is 0 Å². The topological polar surface area (TPSA) is 72.2 Å². The van der Waals surface area contributed by atoms with Crippen LogP contribution in [0.1, 0.15) is 29.8 Å². The lowest BCUT2D eigenvalue weighted by Crippen LogP contribution is -2.53. The molecule has 0 atom stereocenters. The van der Waals surface area contributed by atoms with Crippen molar-refractivity contribution < 1.29 is 22.8 Å². The smallest absolute Gasteiger partial charge is 0.368 e. The van der Waals surface area contributed by atoms with Crippen LogP contribution < -0.4 is 11.1 Å². The maximum Gasteiger partial charge on any atom is 0.416 e. The maximum absolute atomic E-state index is 12.3. The van der Waals surface area contributed by atoms with E-state index in [9.17, 15) is 22.8 Å². The van der Waals surface area contributed by atoms with Crippen molar-refractivity contribution in [3.63, 3.8) is 0 Å². The van der Waals surface area contributed by atoms with Gasteiger partial charge in [0.15, 0.2) is 0 Å². The molecule has 19 heavy (non-hydrogen) atoms. The largest absolute Gasteiger partial charge is 0.416 e. The van der Waals surface area contributed by atoms with Crippen molar-refractivity contribution >= 4 is 11.8 Å². The molecular formula is C12H13F3N2O2. The zero-order chi connectivity index (χ0) is 14.8. The van der Waals surface area contributed by atoms with E-state index in [0.29, 0.717) is 0 Å². The summed E-state index contributed by atoms with van der Waals surface area (Å²) in [6.07, 6.45) is -4.46. The lowest BCUT2D eigenvalue weighted by Gasteiger charge is -2.22. The van der Waals surface area contributed by atoms with Crippen molar-refractivity contribution in [3.8, 4) is 0 Å². The first kappa shape index (κ1) is 15.0. The molecule has 0 heterocycles. The first-order valence-corrected chi connectivity index (χ1v) is 5.34. The van der Waals surface area contributed by atoms with Gasteiger partial charge < -0.3 is 11.1 Å². The number of carbonyl (C=O) groups is 2. The van der Waals surface area contributed by atoms with Crippen LogP contribution in [-0.4, -0.2) is 17.4 Å². The average molecular weight is 274 g/mol. The van der Waals surface area contributed by atoms with Crippen molar-refractivity contribution in [2.45, 2.75) is 25.6 Å². The molecule has 0 bridgehead atoms. The van der Waals surface area contributed by atoms with Crippen LogP contribution in [-0.2, 0) is 11.0 Å². The molecule has 0 aliphatic heterocycles. The number of primary amides is 1. The predicted molar refractivity (Wildman–Crippen MR) is 62.2 cm³/mol. The Kier molecular flexibility index (Phi) is 3.88. The number of nitrogens with two attached hydrogens (primary N) is 1. The fourth-order valence-electron chi connectivity index (χ4n) is 1.23. The molecule has 0 aliphatic carbocycles. The molecule has 0 aromatic heterocycles. The summed E-state index contributed by atoms with van der Waals surface area (Å²) in [5.74, 6) is -1.41. The van der Waals surface area contributed by atoms with Gasteiger partial charge in [-0.1, -0.05) is 0 Å². The second-order valence-corrected chi connectivity index (χ2v) is 4.52. The van der Waals surface area contributed by atoms with Gasteiger partial charge in [-0.15, -0.1) is 0 Å². The van der Waals surface area contributed by atoms with E-state index in [-0.39, 0.29) is 5.56 Å². The normalized spacial score (nSPS) is 12.1. The van der Waals surface area contributed by atoms with Crippen molar-refractivity contribution in [3.05, 3.63) is 35.4 Å². The molecule has 0 saturated carbocycles. The molecular weight excluding hydrogens is 261 g/mol. The van der Waals surface area contributed by atoms with Gasteiger partial charge in [0, 0.05) is 5.56 Å². The Morgan fingerprint density at radius 1 is 1.11 bits per heavy atom. The molecule has 1 aromatic carbocycles. The molecule has 0 fully saturated rings. The van der Waals surface area contributed by atoms with Gasteiger partial charge in [0.1, 0.15) is 5.54 Å². The van der Waals surface area contributed by atoms with Gasteiger partial charge in [0.05, 0.1) is 5.56 Å². The first-order valence-electron chi connectivity index (χ1n) is 5.34. The molecule has 0 saturated heterocycles. The van der Waals surface area contributed by atoms with Gasteiger partial charge in [-0.25, -0.2) is 0 Å². The summed E-state index contributed by atoms with van der Waals surface area (Å²) in [6, 6.07) is 3.67. The van der Waals surface area contributed by atoms with Crippen LogP contribution in [0, 0.1) is 0 Å². The Balaban J connectivity index is 2.88. The molecule has 0 spiro atoms. The second kappa shape index (κ2) is 4.91. The zero-order valence-electron chi connectivity index (χ0n) is 10.3. The van der Waals surface area contributed by atoms with Crippen molar-refractivity contribution in [1.29, 1.82) is 0 Å². The van der Waals surface area contributed by atoms with Crippen LogP contribution in [0.4, 0.5) is 13.2 Å². The lowest BCUT2D eigenvalue weighted by atomic mass is 10.0. The molecule has 0 radical (unpaired) electrons. The number of hydrogen-bond donors (Lipinski definition) is 2. The number of alkyl halides is 3. The Bertz CT molecular complexity index is 493. The van der Waals surface area contributed by atoms with Crippen molar-refractivity contribution in [2.24, 2.45) is 5.73 Å². The summed E-state index contributed by atoms with van der Waals surface area (Å²) < 4.78 is 37.0. The number of benzene rings is 1. The summed E-state index contributed by atoms with van der Waals surface area (Å²) in [7, 11) is 0. The van der Waals surface area contributed by atoms with Gasteiger partial charge >= 0.3 is 6.18 Å². The summed E-state index contributed by atoms with van der Waals surface area (Å²) in [6.45, 7) is 2.80. The second-order valence-electron chi connectivity index (χ2n) is 4.52. The number of amides is 2. The summed E-state index contributed by atoms with van der Waals surface area (Å²) in [5, 5.41) is 2.34. The molecule has 0 aliphatic rings. The lowest BCUT2D eigenvalue weighted by molar-refractivity contribution is -0.137. The van der Waals surface area contributed by atoms with Crippen LogP contribution in [0.15, 0.2) is 24.3 Å². The van der Waals surface area contributed by atoms with E-state index < -0.39 is 29.1 Å². The molecule has 1 aromatic rings. The van der Waals surface area contributed by atoms with Crippen LogP contribution in [0.5, 0.6) is 0 Å².